The molecule has 0 fully saturated rings. The average Bonchev–Trinajstić information content (AvgIpc) is 2.89. The van der Waals surface area contributed by atoms with Crippen LogP contribution in [0.2, 0.25) is 8.87 Å². The van der Waals surface area contributed by atoms with Gasteiger partial charge in [0.2, 0.25) is 0 Å². The number of hydrogen-bond donors (Lipinski definition) is 0. The van der Waals surface area contributed by atoms with E-state index in [9.17, 15) is 0 Å². The van der Waals surface area contributed by atoms with Gasteiger partial charge < -0.3 is 0 Å². The summed E-state index contributed by atoms with van der Waals surface area (Å²) in [6.45, 7) is 9.03. The second-order valence-corrected chi connectivity index (χ2v) is 21.4. The van der Waals surface area contributed by atoms with E-state index in [4.69, 9.17) is 0 Å². The molecule has 0 aliphatic heterocycles. The molecule has 2 rings (SSSR count). The third-order valence-electron chi connectivity index (χ3n) is 6.51. The van der Waals surface area contributed by atoms with Gasteiger partial charge in [-0.2, -0.15) is 0 Å². The van der Waals surface area contributed by atoms with Crippen LogP contribution in [0.3, 0.4) is 0 Å². The van der Waals surface area contributed by atoms with Crippen molar-refractivity contribution in [2.24, 2.45) is 0 Å². The Kier molecular flexibility index (Phi) is 14.4. The van der Waals surface area contributed by atoms with Crippen molar-refractivity contribution in [1.29, 1.82) is 0 Å². The monoisotopic (exact) mass is 572 g/mol. The standard InChI is InChI=1S/2C13H13.2C4H9.Sn/c2*1-2-3-4-5-7-10-13-11-8-6-9-12-13;2*1-3-4-2;/h2*6-11H,2-3H2,1H3;2*1,3-4H2,2H3;/b2*10-7-;;;. The minimum absolute atomic E-state index is 0.961. The Hall–Kier alpha value is -2.16. The Labute approximate surface area is 220 Å². The van der Waals surface area contributed by atoms with Crippen molar-refractivity contribution < 1.29 is 0 Å². The molecule has 35 heavy (non-hydrogen) atoms. The van der Waals surface area contributed by atoms with Gasteiger partial charge in [-0.15, -0.1) is 0 Å². The summed E-state index contributed by atoms with van der Waals surface area (Å²) in [5.74, 6) is 13.1. The van der Waals surface area contributed by atoms with Crippen LogP contribution >= 0.6 is 0 Å². The molecule has 1 heteroatoms. The fraction of sp³-hybridized carbons (Fsp3) is 0.412. The Morgan fingerprint density at radius 1 is 0.600 bits per heavy atom. The maximum absolute atomic E-state index is 3.27. The number of rotatable bonds is 12. The van der Waals surface area contributed by atoms with Gasteiger partial charge in [0, 0.05) is 0 Å². The summed E-state index contributed by atoms with van der Waals surface area (Å²) in [6.07, 6.45) is 17.9. The van der Waals surface area contributed by atoms with Crippen LogP contribution in [0.25, 0.3) is 12.2 Å². The topological polar surface area (TPSA) is 0 Å². The molecule has 0 amide bonds. The molecule has 2 aromatic carbocycles. The second-order valence-electron chi connectivity index (χ2n) is 9.27. The summed E-state index contributed by atoms with van der Waals surface area (Å²) in [5, 5.41) is 0. The molecule has 0 radical (unpaired) electrons. The van der Waals surface area contributed by atoms with Crippen molar-refractivity contribution >= 4 is 37.7 Å². The summed E-state index contributed by atoms with van der Waals surface area (Å²) in [5.41, 5.74) is 2.76. The first-order chi connectivity index (χ1) is 17.2. The fourth-order valence-electron chi connectivity index (χ4n) is 4.70. The zero-order chi connectivity index (χ0) is 25.2. The van der Waals surface area contributed by atoms with Crippen LogP contribution in [0, 0.1) is 23.7 Å². The van der Waals surface area contributed by atoms with Gasteiger partial charge in [0.05, 0.1) is 0 Å². The van der Waals surface area contributed by atoms with Crippen LogP contribution < -0.4 is 7.16 Å². The molecule has 0 saturated heterocycles. The molecule has 0 aliphatic carbocycles. The van der Waals surface area contributed by atoms with Crippen molar-refractivity contribution in [3.05, 3.63) is 71.8 Å². The van der Waals surface area contributed by atoms with Gasteiger partial charge in [-0.3, -0.25) is 0 Å². The van der Waals surface area contributed by atoms with Gasteiger partial charge in [-0.1, -0.05) is 0 Å². The second kappa shape index (κ2) is 17.3. The van der Waals surface area contributed by atoms with E-state index in [1.165, 1.54) is 45.7 Å². The van der Waals surface area contributed by atoms with E-state index in [0.717, 1.165) is 25.7 Å². The molecule has 0 nitrogen and oxygen atoms in total. The van der Waals surface area contributed by atoms with Crippen LogP contribution in [0.4, 0.5) is 0 Å². The zero-order valence-electron chi connectivity index (χ0n) is 22.5. The van der Waals surface area contributed by atoms with Crippen molar-refractivity contribution in [1.82, 2.24) is 0 Å². The molecule has 0 bridgehead atoms. The van der Waals surface area contributed by atoms with Crippen molar-refractivity contribution in [3.8, 4) is 23.7 Å². The molecule has 0 unspecified atom stereocenters. The molecule has 0 N–H and O–H groups in total. The molecule has 0 aliphatic rings. The van der Waals surface area contributed by atoms with Gasteiger partial charge in [-0.05, 0) is 0 Å². The zero-order valence-corrected chi connectivity index (χ0v) is 25.4. The quantitative estimate of drug-likeness (QED) is 0.177. The molecule has 0 atom stereocenters. The maximum atomic E-state index is 3.27. The number of hydrogen-bond acceptors (Lipinski definition) is 0. The first-order valence-electron chi connectivity index (χ1n) is 13.7. The van der Waals surface area contributed by atoms with E-state index >= 15 is 0 Å². The third-order valence-corrected chi connectivity index (χ3v) is 21.9. The van der Waals surface area contributed by atoms with Gasteiger partial charge in [0.25, 0.3) is 0 Å². The van der Waals surface area contributed by atoms with Crippen LogP contribution in [0.5, 0.6) is 0 Å². The molecular formula is C34H44Sn. The first-order valence-corrected chi connectivity index (χ1v) is 20.6. The summed E-state index contributed by atoms with van der Waals surface area (Å²) in [7, 11) is 0. The van der Waals surface area contributed by atoms with Crippen LogP contribution in [0.1, 0.15) is 90.2 Å². The summed E-state index contributed by atoms with van der Waals surface area (Å²) in [4.78, 5) is 0. The molecule has 2 aromatic rings. The van der Waals surface area contributed by atoms with E-state index in [0.29, 0.717) is 0 Å². The number of allylic oxidation sites excluding steroid dienone is 2. The van der Waals surface area contributed by atoms with Gasteiger partial charge >= 0.3 is 221 Å². The third kappa shape index (κ3) is 9.09. The molecule has 0 aromatic heterocycles. The van der Waals surface area contributed by atoms with E-state index in [1.807, 2.05) is 0 Å². The molecular weight excluding hydrogens is 527 g/mol. The fourth-order valence-corrected chi connectivity index (χ4v) is 21.3. The molecule has 184 valence electrons. The average molecular weight is 571 g/mol. The van der Waals surface area contributed by atoms with Crippen LogP contribution in [-0.2, 0) is 0 Å². The van der Waals surface area contributed by atoms with E-state index in [2.05, 4.69) is 124 Å². The van der Waals surface area contributed by atoms with Crippen molar-refractivity contribution in [3.63, 3.8) is 0 Å². The number of unbranched alkanes of at least 4 members (excludes halogenated alkanes) is 4. The summed E-state index contributed by atoms with van der Waals surface area (Å²) < 4.78 is 5.97. The van der Waals surface area contributed by atoms with E-state index in [-0.39, 0.29) is 0 Å². The Bertz CT molecular complexity index is 977. The normalized spacial score (nSPS) is 11.3. The Balaban J connectivity index is 2.68. The molecule has 0 heterocycles. The first kappa shape index (κ1) is 29.1. The SMILES string of the molecule is CCCC#C/C=C\c1cccc[c]1[Sn]([CH2]CCC)([CH2]CCC)[c]1ccccc1/C=C\C#CCCC. The van der Waals surface area contributed by atoms with Gasteiger partial charge in [-0.25, -0.2) is 0 Å². The van der Waals surface area contributed by atoms with Gasteiger partial charge in [0.1, 0.15) is 0 Å². The predicted molar refractivity (Wildman–Crippen MR) is 161 cm³/mol. The Morgan fingerprint density at radius 2 is 1.03 bits per heavy atom. The van der Waals surface area contributed by atoms with E-state index < -0.39 is 18.4 Å². The van der Waals surface area contributed by atoms with Crippen LogP contribution in [0.15, 0.2) is 60.7 Å². The molecule has 0 saturated carbocycles. The molecule has 0 spiro atoms. The minimum atomic E-state index is -3.05. The predicted octanol–water partition coefficient (Wildman–Crippen LogP) is 8.48. The van der Waals surface area contributed by atoms with Crippen molar-refractivity contribution in [2.75, 3.05) is 0 Å². The van der Waals surface area contributed by atoms with E-state index in [1.54, 1.807) is 7.16 Å². The Morgan fingerprint density at radius 3 is 1.43 bits per heavy atom. The van der Waals surface area contributed by atoms with Crippen molar-refractivity contribution in [2.45, 2.75) is 87.9 Å². The summed E-state index contributed by atoms with van der Waals surface area (Å²) >= 11 is -3.05. The van der Waals surface area contributed by atoms with Crippen LogP contribution in [-0.4, -0.2) is 18.4 Å². The summed E-state index contributed by atoms with van der Waals surface area (Å²) in [6, 6.07) is 18.4. The van der Waals surface area contributed by atoms with Gasteiger partial charge in [0.15, 0.2) is 0 Å². The number of benzene rings is 2.